The number of anilines is 1. The average Bonchev–Trinajstić information content (AvgIpc) is 2.46. The SMILES string of the molecule is Cc1ccc(F)cc1NCC(O)COc1cccc(Br)c1. The number of hydrogen-bond acceptors (Lipinski definition) is 3. The number of benzene rings is 2. The van der Waals surface area contributed by atoms with E-state index in [0.717, 1.165) is 10.0 Å². The molecule has 2 aromatic rings. The van der Waals surface area contributed by atoms with Gasteiger partial charge in [0.05, 0.1) is 0 Å². The highest BCUT2D eigenvalue weighted by molar-refractivity contribution is 9.10. The Morgan fingerprint density at radius 1 is 1.29 bits per heavy atom. The molecule has 0 heterocycles. The van der Waals surface area contributed by atoms with E-state index in [1.54, 1.807) is 6.07 Å². The largest absolute Gasteiger partial charge is 0.491 e. The Balaban J connectivity index is 1.82. The van der Waals surface area contributed by atoms with E-state index in [9.17, 15) is 9.50 Å². The van der Waals surface area contributed by atoms with Crippen molar-refractivity contribution in [3.8, 4) is 5.75 Å². The van der Waals surface area contributed by atoms with Gasteiger partial charge in [-0.1, -0.05) is 28.1 Å². The first-order valence-electron chi connectivity index (χ1n) is 6.61. The smallest absolute Gasteiger partial charge is 0.125 e. The Morgan fingerprint density at radius 3 is 2.86 bits per heavy atom. The summed E-state index contributed by atoms with van der Waals surface area (Å²) < 4.78 is 19.6. The van der Waals surface area contributed by atoms with Gasteiger partial charge in [-0.2, -0.15) is 0 Å². The van der Waals surface area contributed by atoms with Gasteiger partial charge in [0.2, 0.25) is 0 Å². The van der Waals surface area contributed by atoms with Gasteiger partial charge in [-0.3, -0.25) is 0 Å². The molecular weight excluding hydrogens is 337 g/mol. The third kappa shape index (κ3) is 5.02. The minimum Gasteiger partial charge on any atom is -0.491 e. The van der Waals surface area contributed by atoms with E-state index in [2.05, 4.69) is 21.2 Å². The van der Waals surface area contributed by atoms with E-state index < -0.39 is 6.10 Å². The number of aryl methyl sites for hydroxylation is 1. The van der Waals surface area contributed by atoms with Crippen LogP contribution in [0.25, 0.3) is 0 Å². The molecule has 0 saturated heterocycles. The zero-order valence-corrected chi connectivity index (χ0v) is 13.2. The first-order valence-corrected chi connectivity index (χ1v) is 7.40. The summed E-state index contributed by atoms with van der Waals surface area (Å²) >= 11 is 3.35. The molecule has 0 radical (unpaired) electrons. The van der Waals surface area contributed by atoms with E-state index in [4.69, 9.17) is 4.74 Å². The molecule has 0 aliphatic carbocycles. The molecule has 0 spiro atoms. The second-order valence-electron chi connectivity index (χ2n) is 4.76. The normalized spacial score (nSPS) is 12.0. The Hall–Kier alpha value is -1.59. The summed E-state index contributed by atoms with van der Waals surface area (Å²) in [5.74, 6) is 0.383. The van der Waals surface area contributed by atoms with Gasteiger partial charge < -0.3 is 15.2 Å². The summed E-state index contributed by atoms with van der Waals surface area (Å²) in [6.45, 7) is 2.34. The van der Waals surface area contributed by atoms with Gasteiger partial charge in [-0.15, -0.1) is 0 Å². The van der Waals surface area contributed by atoms with Crippen LogP contribution >= 0.6 is 15.9 Å². The minimum absolute atomic E-state index is 0.165. The molecule has 0 saturated carbocycles. The van der Waals surface area contributed by atoms with Crippen LogP contribution in [0.4, 0.5) is 10.1 Å². The highest BCUT2D eigenvalue weighted by atomic mass is 79.9. The lowest BCUT2D eigenvalue weighted by molar-refractivity contribution is 0.117. The Labute approximate surface area is 131 Å². The molecule has 0 aromatic heterocycles. The first-order chi connectivity index (χ1) is 10.0. The predicted molar refractivity (Wildman–Crippen MR) is 85.3 cm³/mol. The summed E-state index contributed by atoms with van der Waals surface area (Å²) in [5.41, 5.74) is 1.60. The van der Waals surface area contributed by atoms with E-state index in [1.165, 1.54) is 12.1 Å². The van der Waals surface area contributed by atoms with Crippen LogP contribution in [0.5, 0.6) is 5.75 Å². The van der Waals surface area contributed by atoms with Gasteiger partial charge in [-0.25, -0.2) is 4.39 Å². The van der Waals surface area contributed by atoms with E-state index in [0.29, 0.717) is 11.4 Å². The highest BCUT2D eigenvalue weighted by Gasteiger charge is 2.07. The fourth-order valence-electron chi connectivity index (χ4n) is 1.82. The lowest BCUT2D eigenvalue weighted by Gasteiger charge is -2.15. The van der Waals surface area contributed by atoms with Crippen molar-refractivity contribution in [2.24, 2.45) is 0 Å². The van der Waals surface area contributed by atoms with Crippen molar-refractivity contribution in [1.82, 2.24) is 0 Å². The summed E-state index contributed by atoms with van der Waals surface area (Å²) in [6, 6.07) is 11.9. The molecule has 5 heteroatoms. The molecule has 112 valence electrons. The van der Waals surface area contributed by atoms with E-state index in [1.807, 2.05) is 31.2 Å². The standard InChI is InChI=1S/C16H17BrFNO2/c1-11-5-6-13(18)8-16(11)19-9-14(20)10-21-15-4-2-3-12(17)7-15/h2-8,14,19-20H,9-10H2,1H3. The Kier molecular flexibility index (Phi) is 5.59. The minimum atomic E-state index is -0.688. The maximum atomic E-state index is 13.1. The first kappa shape index (κ1) is 15.8. The quantitative estimate of drug-likeness (QED) is 0.830. The number of rotatable bonds is 6. The van der Waals surface area contributed by atoms with Gasteiger partial charge in [0, 0.05) is 16.7 Å². The van der Waals surface area contributed by atoms with Crippen LogP contribution in [-0.2, 0) is 0 Å². The molecule has 2 rings (SSSR count). The number of aliphatic hydroxyl groups is 1. The van der Waals surface area contributed by atoms with Crippen molar-refractivity contribution in [3.05, 3.63) is 58.3 Å². The topological polar surface area (TPSA) is 41.5 Å². The fourth-order valence-corrected chi connectivity index (χ4v) is 2.20. The summed E-state index contributed by atoms with van der Waals surface area (Å²) in [5, 5.41) is 12.9. The highest BCUT2D eigenvalue weighted by Crippen LogP contribution is 2.18. The van der Waals surface area contributed by atoms with Gasteiger partial charge in [0.1, 0.15) is 24.3 Å². The van der Waals surface area contributed by atoms with Crippen molar-refractivity contribution < 1.29 is 14.2 Å². The zero-order chi connectivity index (χ0) is 15.2. The van der Waals surface area contributed by atoms with Gasteiger partial charge in [0.15, 0.2) is 0 Å². The molecule has 1 unspecified atom stereocenters. The average molecular weight is 354 g/mol. The van der Waals surface area contributed by atoms with Crippen LogP contribution in [0.1, 0.15) is 5.56 Å². The summed E-state index contributed by atoms with van der Waals surface area (Å²) in [4.78, 5) is 0. The fraction of sp³-hybridized carbons (Fsp3) is 0.250. The maximum absolute atomic E-state index is 13.1. The Morgan fingerprint density at radius 2 is 2.10 bits per heavy atom. The third-order valence-electron chi connectivity index (χ3n) is 2.97. The molecule has 1 atom stereocenters. The molecule has 2 aromatic carbocycles. The molecular formula is C16H17BrFNO2. The van der Waals surface area contributed by atoms with Crippen molar-refractivity contribution in [1.29, 1.82) is 0 Å². The van der Waals surface area contributed by atoms with E-state index >= 15 is 0 Å². The number of hydrogen-bond donors (Lipinski definition) is 2. The van der Waals surface area contributed by atoms with Crippen LogP contribution in [0, 0.1) is 12.7 Å². The molecule has 0 bridgehead atoms. The predicted octanol–water partition coefficient (Wildman–Crippen LogP) is 3.75. The number of ether oxygens (including phenoxy) is 1. The zero-order valence-electron chi connectivity index (χ0n) is 11.6. The van der Waals surface area contributed by atoms with Crippen LogP contribution in [-0.4, -0.2) is 24.4 Å². The third-order valence-corrected chi connectivity index (χ3v) is 3.46. The lowest BCUT2D eigenvalue weighted by atomic mass is 10.2. The number of halogens is 2. The van der Waals surface area contributed by atoms with Crippen molar-refractivity contribution in [2.75, 3.05) is 18.5 Å². The monoisotopic (exact) mass is 353 g/mol. The van der Waals surface area contributed by atoms with Gasteiger partial charge in [-0.05, 0) is 42.8 Å². The van der Waals surface area contributed by atoms with Crippen molar-refractivity contribution in [3.63, 3.8) is 0 Å². The Bertz CT molecular complexity index is 607. The summed E-state index contributed by atoms with van der Waals surface area (Å²) in [7, 11) is 0. The molecule has 0 aliphatic rings. The molecule has 2 N–H and O–H groups in total. The second kappa shape index (κ2) is 7.43. The van der Waals surface area contributed by atoms with Crippen molar-refractivity contribution in [2.45, 2.75) is 13.0 Å². The van der Waals surface area contributed by atoms with Crippen LogP contribution in [0.15, 0.2) is 46.9 Å². The van der Waals surface area contributed by atoms with Crippen LogP contribution in [0.3, 0.4) is 0 Å². The van der Waals surface area contributed by atoms with Gasteiger partial charge >= 0.3 is 0 Å². The molecule has 21 heavy (non-hydrogen) atoms. The molecule has 0 aliphatic heterocycles. The van der Waals surface area contributed by atoms with Crippen LogP contribution < -0.4 is 10.1 Å². The lowest BCUT2D eigenvalue weighted by Crippen LogP contribution is -2.26. The van der Waals surface area contributed by atoms with E-state index in [-0.39, 0.29) is 19.0 Å². The number of aliphatic hydroxyl groups excluding tert-OH is 1. The molecule has 0 fully saturated rings. The molecule has 0 amide bonds. The second-order valence-corrected chi connectivity index (χ2v) is 5.68. The molecule has 3 nitrogen and oxygen atoms in total. The number of nitrogens with one attached hydrogen (secondary N) is 1. The van der Waals surface area contributed by atoms with Gasteiger partial charge in [0.25, 0.3) is 0 Å². The van der Waals surface area contributed by atoms with Crippen LogP contribution in [0.2, 0.25) is 0 Å². The van der Waals surface area contributed by atoms with Crippen molar-refractivity contribution >= 4 is 21.6 Å². The summed E-state index contributed by atoms with van der Waals surface area (Å²) in [6.07, 6.45) is -0.688. The maximum Gasteiger partial charge on any atom is 0.125 e.